The molecular formula is C14H12Cl2FN5O. The first kappa shape index (κ1) is 16.1. The van der Waals surface area contributed by atoms with Gasteiger partial charge < -0.3 is 14.5 Å². The number of ether oxygens (including phenoxy) is 1. The van der Waals surface area contributed by atoms with E-state index >= 15 is 0 Å². The maximum absolute atomic E-state index is 14.2. The Balaban J connectivity index is 2.08. The number of pyridine rings is 1. The van der Waals surface area contributed by atoms with Crippen LogP contribution in [0.5, 0.6) is 0 Å². The Morgan fingerprint density at radius 3 is 3.04 bits per heavy atom. The lowest BCUT2D eigenvalue weighted by atomic mass is 10.2. The Labute approximate surface area is 142 Å². The third kappa shape index (κ3) is 3.29. The molecule has 9 heteroatoms. The van der Waals surface area contributed by atoms with Gasteiger partial charge in [-0.1, -0.05) is 11.6 Å². The van der Waals surface area contributed by atoms with E-state index in [1.54, 1.807) is 0 Å². The first-order valence-corrected chi connectivity index (χ1v) is 7.72. The lowest BCUT2D eigenvalue weighted by Crippen LogP contribution is -2.34. The highest BCUT2D eigenvalue weighted by molar-refractivity contribution is 6.30. The number of nitrogens with zero attached hydrogens (tertiary/aromatic N) is 5. The molecule has 0 aromatic carbocycles. The Hall–Kier alpha value is -1.75. The number of hydrogen-bond acceptors (Lipinski definition) is 5. The largest absolute Gasteiger partial charge is 0.368 e. The van der Waals surface area contributed by atoms with Crippen molar-refractivity contribution in [1.29, 1.82) is 0 Å². The van der Waals surface area contributed by atoms with Crippen molar-refractivity contribution in [2.24, 2.45) is 0 Å². The molecule has 1 atom stereocenters. The maximum Gasteiger partial charge on any atom is 0.242 e. The topological polar surface area (TPSA) is 55.5 Å². The van der Waals surface area contributed by atoms with Crippen molar-refractivity contribution >= 4 is 39.9 Å². The third-order valence-electron chi connectivity index (χ3n) is 3.54. The number of hydrogen-bond donors (Lipinski definition) is 0. The summed E-state index contributed by atoms with van der Waals surface area (Å²) < 4.78 is 19.8. The quantitative estimate of drug-likeness (QED) is 0.470. The summed E-state index contributed by atoms with van der Waals surface area (Å²) in [5.74, 6) is -0.248. The van der Waals surface area contributed by atoms with Crippen LogP contribution in [0.2, 0.25) is 10.4 Å². The monoisotopic (exact) mass is 355 g/mol. The van der Waals surface area contributed by atoms with E-state index in [1.165, 1.54) is 6.20 Å². The van der Waals surface area contributed by atoms with Gasteiger partial charge in [-0.3, -0.25) is 0 Å². The molecule has 0 saturated carbocycles. The fraction of sp³-hybridized carbons (Fsp3) is 0.429. The molecule has 2 aromatic heterocycles. The molecule has 0 aliphatic carbocycles. The molecule has 3 rings (SSSR count). The van der Waals surface area contributed by atoms with E-state index in [1.807, 2.05) is 4.90 Å². The summed E-state index contributed by atoms with van der Waals surface area (Å²) in [5.41, 5.74) is 0.0342. The Morgan fingerprint density at radius 1 is 1.43 bits per heavy atom. The zero-order chi connectivity index (χ0) is 16.4. The molecule has 0 amide bonds. The molecule has 1 aliphatic rings. The van der Waals surface area contributed by atoms with Gasteiger partial charge in [0, 0.05) is 19.3 Å². The fourth-order valence-electron chi connectivity index (χ4n) is 2.53. The molecule has 1 unspecified atom stereocenters. The van der Waals surface area contributed by atoms with E-state index in [0.29, 0.717) is 30.9 Å². The summed E-state index contributed by atoms with van der Waals surface area (Å²) in [6.45, 7) is 8.94. The van der Waals surface area contributed by atoms with Crippen LogP contribution in [0.1, 0.15) is 6.42 Å². The molecule has 1 fully saturated rings. The van der Waals surface area contributed by atoms with Gasteiger partial charge in [0.2, 0.25) is 11.8 Å². The van der Waals surface area contributed by atoms with Crippen LogP contribution in [0.3, 0.4) is 0 Å². The SMILES string of the molecule is [C-]#[N+]CC1CN(c2nc(Cl)nc3c(F)c(Cl)ncc23)CCCO1. The zero-order valence-corrected chi connectivity index (χ0v) is 13.5. The lowest BCUT2D eigenvalue weighted by molar-refractivity contribution is 0.0799. The summed E-state index contributed by atoms with van der Waals surface area (Å²) in [6, 6.07) is 0. The van der Waals surface area contributed by atoms with Gasteiger partial charge in [-0.15, -0.1) is 0 Å². The van der Waals surface area contributed by atoms with E-state index in [2.05, 4.69) is 19.8 Å². The summed E-state index contributed by atoms with van der Waals surface area (Å²) >= 11 is 11.7. The van der Waals surface area contributed by atoms with Crippen LogP contribution in [-0.4, -0.2) is 47.3 Å². The first-order valence-electron chi connectivity index (χ1n) is 6.97. The van der Waals surface area contributed by atoms with Crippen molar-refractivity contribution in [3.8, 4) is 0 Å². The number of fused-ring (bicyclic) bond motifs is 1. The van der Waals surface area contributed by atoms with Crippen LogP contribution in [0.25, 0.3) is 15.7 Å². The molecule has 1 aliphatic heterocycles. The Bertz CT molecular complexity index is 782. The van der Waals surface area contributed by atoms with E-state index in [4.69, 9.17) is 34.5 Å². The third-order valence-corrected chi connectivity index (χ3v) is 3.97. The smallest absolute Gasteiger partial charge is 0.242 e. The highest BCUT2D eigenvalue weighted by Gasteiger charge is 2.25. The minimum Gasteiger partial charge on any atom is -0.368 e. The van der Waals surface area contributed by atoms with Gasteiger partial charge in [-0.2, -0.15) is 4.98 Å². The van der Waals surface area contributed by atoms with Crippen molar-refractivity contribution in [3.05, 3.63) is 33.9 Å². The minimum atomic E-state index is -0.724. The number of aromatic nitrogens is 3. The van der Waals surface area contributed by atoms with Gasteiger partial charge >= 0.3 is 0 Å². The maximum atomic E-state index is 14.2. The number of halogens is 3. The second-order valence-corrected chi connectivity index (χ2v) is 5.77. The van der Waals surface area contributed by atoms with Crippen LogP contribution in [0, 0.1) is 12.4 Å². The predicted molar refractivity (Wildman–Crippen MR) is 85.4 cm³/mol. The Kier molecular flexibility index (Phi) is 4.76. The molecule has 23 heavy (non-hydrogen) atoms. The van der Waals surface area contributed by atoms with Crippen molar-refractivity contribution in [3.63, 3.8) is 0 Å². The standard InChI is InChI=1S/C14H12Cl2FN5O/c1-18-5-8-7-22(3-2-4-23-8)13-9-6-19-12(15)10(17)11(9)20-14(16)21-13/h6,8H,2-5,7H2. The second kappa shape index (κ2) is 6.79. The zero-order valence-electron chi connectivity index (χ0n) is 12.0. The molecule has 0 spiro atoms. The van der Waals surface area contributed by atoms with Gasteiger partial charge in [-0.05, 0) is 18.0 Å². The lowest BCUT2D eigenvalue weighted by Gasteiger charge is -2.24. The molecule has 1 saturated heterocycles. The summed E-state index contributed by atoms with van der Waals surface area (Å²) in [7, 11) is 0. The predicted octanol–water partition coefficient (Wildman–Crippen LogP) is 2.99. The van der Waals surface area contributed by atoms with Gasteiger partial charge in [0.15, 0.2) is 11.0 Å². The van der Waals surface area contributed by atoms with Crippen molar-refractivity contribution in [2.45, 2.75) is 12.5 Å². The van der Waals surface area contributed by atoms with Gasteiger partial charge in [0.1, 0.15) is 17.4 Å². The molecule has 0 bridgehead atoms. The van der Waals surface area contributed by atoms with E-state index < -0.39 is 5.82 Å². The molecule has 120 valence electrons. The molecule has 0 N–H and O–H groups in total. The van der Waals surface area contributed by atoms with Crippen LogP contribution in [0.4, 0.5) is 10.2 Å². The van der Waals surface area contributed by atoms with Crippen molar-refractivity contribution in [1.82, 2.24) is 15.0 Å². The van der Waals surface area contributed by atoms with Gasteiger partial charge in [-0.25, -0.2) is 20.9 Å². The van der Waals surface area contributed by atoms with Crippen molar-refractivity contribution < 1.29 is 9.13 Å². The average molecular weight is 356 g/mol. The number of anilines is 1. The van der Waals surface area contributed by atoms with Crippen LogP contribution in [-0.2, 0) is 4.74 Å². The van der Waals surface area contributed by atoms with Gasteiger partial charge in [0.05, 0.1) is 11.9 Å². The van der Waals surface area contributed by atoms with Crippen LogP contribution in [0.15, 0.2) is 6.20 Å². The molecular weight excluding hydrogens is 344 g/mol. The molecule has 3 heterocycles. The van der Waals surface area contributed by atoms with E-state index in [-0.39, 0.29) is 28.6 Å². The van der Waals surface area contributed by atoms with E-state index in [0.717, 1.165) is 6.42 Å². The van der Waals surface area contributed by atoms with Gasteiger partial charge in [0.25, 0.3) is 0 Å². The summed E-state index contributed by atoms with van der Waals surface area (Å²) in [6.07, 6.45) is 1.97. The first-order chi connectivity index (χ1) is 11.1. The average Bonchev–Trinajstić information content (AvgIpc) is 2.77. The molecule has 6 nitrogen and oxygen atoms in total. The minimum absolute atomic E-state index is 0.0342. The molecule has 2 aromatic rings. The van der Waals surface area contributed by atoms with E-state index in [9.17, 15) is 4.39 Å². The molecule has 0 radical (unpaired) electrons. The summed E-state index contributed by atoms with van der Waals surface area (Å²) in [5, 5.41) is 0.101. The Morgan fingerprint density at radius 2 is 2.26 bits per heavy atom. The highest BCUT2D eigenvalue weighted by Crippen LogP contribution is 2.30. The second-order valence-electron chi connectivity index (χ2n) is 5.07. The van der Waals surface area contributed by atoms with Crippen LogP contribution < -0.4 is 4.90 Å². The normalized spacial score (nSPS) is 18.7. The highest BCUT2D eigenvalue weighted by atomic mass is 35.5. The van der Waals surface area contributed by atoms with Crippen LogP contribution >= 0.6 is 23.2 Å². The summed E-state index contributed by atoms with van der Waals surface area (Å²) in [4.78, 5) is 17.3. The number of rotatable bonds is 2. The fourth-order valence-corrected chi connectivity index (χ4v) is 2.84. The van der Waals surface area contributed by atoms with Crippen molar-refractivity contribution in [2.75, 3.05) is 31.1 Å².